The Bertz CT molecular complexity index is 203. The lowest BCUT2D eigenvalue weighted by Gasteiger charge is -2.30. The maximum absolute atomic E-state index is 12.0. The van der Waals surface area contributed by atoms with Crippen LogP contribution in [0.5, 0.6) is 0 Å². The molecule has 1 fully saturated rings. The summed E-state index contributed by atoms with van der Waals surface area (Å²) in [5.41, 5.74) is 5.53. The van der Waals surface area contributed by atoms with Gasteiger partial charge in [-0.2, -0.15) is 0 Å². The summed E-state index contributed by atoms with van der Waals surface area (Å²) < 4.78 is 5.30. The lowest BCUT2D eigenvalue weighted by molar-refractivity contribution is 0.130. The van der Waals surface area contributed by atoms with E-state index in [-0.39, 0.29) is 12.1 Å². The average Bonchev–Trinajstić information content (AvgIpc) is 2.54. The molecule has 15 heavy (non-hydrogen) atoms. The van der Waals surface area contributed by atoms with Gasteiger partial charge < -0.3 is 20.3 Å². The molecular formula is C10H21N3O2. The number of likely N-dealkylation sites (N-methyl/N-ethyl adjacent to an activating group) is 1. The number of nitrogens with two attached hydrogens (primary N) is 1. The number of amides is 2. The van der Waals surface area contributed by atoms with Crippen LogP contribution in [0.1, 0.15) is 13.3 Å². The van der Waals surface area contributed by atoms with E-state index in [0.717, 1.165) is 19.6 Å². The van der Waals surface area contributed by atoms with Gasteiger partial charge in [-0.25, -0.2) is 4.79 Å². The van der Waals surface area contributed by atoms with Gasteiger partial charge in [0.2, 0.25) is 0 Å². The van der Waals surface area contributed by atoms with Gasteiger partial charge in [0.05, 0.1) is 6.61 Å². The topological polar surface area (TPSA) is 58.8 Å². The molecule has 5 heteroatoms. The van der Waals surface area contributed by atoms with Crippen LogP contribution in [0.15, 0.2) is 0 Å². The van der Waals surface area contributed by atoms with Gasteiger partial charge in [0.25, 0.3) is 0 Å². The van der Waals surface area contributed by atoms with Gasteiger partial charge in [0, 0.05) is 39.3 Å². The first-order valence-corrected chi connectivity index (χ1v) is 5.46. The molecule has 0 aromatic carbocycles. The van der Waals surface area contributed by atoms with E-state index in [0.29, 0.717) is 19.7 Å². The van der Waals surface area contributed by atoms with E-state index in [9.17, 15) is 4.79 Å². The molecule has 5 nitrogen and oxygen atoms in total. The fourth-order valence-electron chi connectivity index (χ4n) is 1.51. The first-order valence-electron chi connectivity index (χ1n) is 5.46. The molecule has 1 aliphatic heterocycles. The Balaban J connectivity index is 2.49. The van der Waals surface area contributed by atoms with Crippen molar-refractivity contribution in [2.75, 3.05) is 39.9 Å². The maximum atomic E-state index is 12.0. The molecule has 1 heterocycles. The molecule has 1 aliphatic rings. The Morgan fingerprint density at radius 3 is 2.93 bits per heavy atom. The Morgan fingerprint density at radius 1 is 1.53 bits per heavy atom. The second-order valence-corrected chi connectivity index (χ2v) is 3.93. The summed E-state index contributed by atoms with van der Waals surface area (Å²) in [5, 5.41) is 0. The van der Waals surface area contributed by atoms with E-state index in [1.807, 2.05) is 11.8 Å². The van der Waals surface area contributed by atoms with Crippen LogP contribution in [-0.4, -0.2) is 61.8 Å². The summed E-state index contributed by atoms with van der Waals surface area (Å²) >= 11 is 0. The summed E-state index contributed by atoms with van der Waals surface area (Å²) in [6.07, 6.45) is 0.913. The van der Waals surface area contributed by atoms with Crippen LogP contribution in [0.3, 0.4) is 0 Å². The minimum Gasteiger partial charge on any atom is -0.380 e. The minimum atomic E-state index is 0.0541. The monoisotopic (exact) mass is 215 g/mol. The number of nitrogens with zero attached hydrogens (tertiary/aromatic N) is 2. The summed E-state index contributed by atoms with van der Waals surface area (Å²) in [5.74, 6) is 0. The van der Waals surface area contributed by atoms with Crippen molar-refractivity contribution in [3.05, 3.63) is 0 Å². The van der Waals surface area contributed by atoms with Gasteiger partial charge in [0.15, 0.2) is 0 Å². The second-order valence-electron chi connectivity index (χ2n) is 3.93. The lowest BCUT2D eigenvalue weighted by Crippen LogP contribution is -2.48. The van der Waals surface area contributed by atoms with E-state index in [2.05, 4.69) is 0 Å². The number of carbonyl (C=O) groups is 1. The predicted molar refractivity (Wildman–Crippen MR) is 58.7 cm³/mol. The van der Waals surface area contributed by atoms with E-state index in [1.54, 1.807) is 11.9 Å². The molecule has 0 spiro atoms. The van der Waals surface area contributed by atoms with Crippen molar-refractivity contribution >= 4 is 6.03 Å². The fourth-order valence-corrected chi connectivity index (χ4v) is 1.51. The Morgan fingerprint density at radius 2 is 2.27 bits per heavy atom. The molecule has 88 valence electrons. The van der Waals surface area contributed by atoms with Crippen LogP contribution in [0.2, 0.25) is 0 Å². The highest BCUT2D eigenvalue weighted by Crippen LogP contribution is 2.05. The van der Waals surface area contributed by atoms with Crippen molar-refractivity contribution in [1.82, 2.24) is 9.80 Å². The molecule has 2 N–H and O–H groups in total. The van der Waals surface area contributed by atoms with Crippen molar-refractivity contribution < 1.29 is 9.53 Å². The number of hydrogen-bond donors (Lipinski definition) is 1. The first-order chi connectivity index (χ1) is 7.16. The van der Waals surface area contributed by atoms with Crippen LogP contribution < -0.4 is 5.73 Å². The normalized spacial score (nSPS) is 19.5. The summed E-state index contributed by atoms with van der Waals surface area (Å²) in [6.45, 7) is 5.29. The summed E-state index contributed by atoms with van der Waals surface area (Å²) in [7, 11) is 1.80. The standard InChI is InChI=1S/C10H21N3O2/c1-9(8-11)12(2)10(14)13-4-3-6-15-7-5-13/h9H,3-8,11H2,1-2H3. The average molecular weight is 215 g/mol. The van der Waals surface area contributed by atoms with Gasteiger partial charge in [0.1, 0.15) is 0 Å². The SMILES string of the molecule is CC(CN)N(C)C(=O)N1CCCOCC1. The largest absolute Gasteiger partial charge is 0.380 e. The van der Waals surface area contributed by atoms with Crippen molar-refractivity contribution in [2.45, 2.75) is 19.4 Å². The van der Waals surface area contributed by atoms with Gasteiger partial charge in [-0.3, -0.25) is 0 Å². The van der Waals surface area contributed by atoms with Crippen LogP contribution in [0.4, 0.5) is 4.79 Å². The smallest absolute Gasteiger partial charge is 0.320 e. The third kappa shape index (κ3) is 3.35. The molecule has 1 unspecified atom stereocenters. The van der Waals surface area contributed by atoms with E-state index < -0.39 is 0 Å². The predicted octanol–water partition coefficient (Wildman–Crippen LogP) is 0.108. The van der Waals surface area contributed by atoms with Gasteiger partial charge >= 0.3 is 6.03 Å². The second kappa shape index (κ2) is 5.92. The summed E-state index contributed by atoms with van der Waals surface area (Å²) in [6, 6.07) is 0.139. The fraction of sp³-hybridized carbons (Fsp3) is 0.900. The zero-order valence-corrected chi connectivity index (χ0v) is 9.61. The number of ether oxygens (including phenoxy) is 1. The molecule has 1 rings (SSSR count). The molecule has 0 saturated carbocycles. The highest BCUT2D eigenvalue weighted by atomic mass is 16.5. The van der Waals surface area contributed by atoms with Crippen molar-refractivity contribution in [2.24, 2.45) is 5.73 Å². The number of carbonyl (C=O) groups excluding carboxylic acids is 1. The zero-order chi connectivity index (χ0) is 11.3. The third-order valence-corrected chi connectivity index (χ3v) is 2.80. The van der Waals surface area contributed by atoms with Crippen LogP contribution >= 0.6 is 0 Å². The van der Waals surface area contributed by atoms with Gasteiger partial charge in [-0.05, 0) is 13.3 Å². The van der Waals surface area contributed by atoms with Crippen LogP contribution in [0.25, 0.3) is 0 Å². The quantitative estimate of drug-likeness (QED) is 0.711. The number of rotatable bonds is 2. The Hall–Kier alpha value is -0.810. The highest BCUT2D eigenvalue weighted by Gasteiger charge is 2.21. The number of hydrogen-bond acceptors (Lipinski definition) is 3. The molecule has 2 amide bonds. The van der Waals surface area contributed by atoms with E-state index in [1.165, 1.54) is 0 Å². The lowest BCUT2D eigenvalue weighted by atomic mass is 10.3. The zero-order valence-electron chi connectivity index (χ0n) is 9.61. The van der Waals surface area contributed by atoms with E-state index >= 15 is 0 Å². The van der Waals surface area contributed by atoms with Crippen molar-refractivity contribution in [1.29, 1.82) is 0 Å². The van der Waals surface area contributed by atoms with Crippen LogP contribution in [-0.2, 0) is 4.74 Å². The van der Waals surface area contributed by atoms with Crippen molar-refractivity contribution in [3.8, 4) is 0 Å². The Labute approximate surface area is 91.2 Å². The molecule has 0 aromatic rings. The molecule has 0 radical (unpaired) electrons. The molecule has 0 aliphatic carbocycles. The molecule has 0 bridgehead atoms. The van der Waals surface area contributed by atoms with Gasteiger partial charge in [-0.15, -0.1) is 0 Å². The molecule has 1 saturated heterocycles. The molecular weight excluding hydrogens is 194 g/mol. The number of urea groups is 1. The van der Waals surface area contributed by atoms with E-state index in [4.69, 9.17) is 10.5 Å². The van der Waals surface area contributed by atoms with Crippen LogP contribution in [0, 0.1) is 0 Å². The third-order valence-electron chi connectivity index (χ3n) is 2.80. The first kappa shape index (κ1) is 12.3. The van der Waals surface area contributed by atoms with Crippen molar-refractivity contribution in [3.63, 3.8) is 0 Å². The molecule has 0 aromatic heterocycles. The maximum Gasteiger partial charge on any atom is 0.320 e. The summed E-state index contributed by atoms with van der Waals surface area (Å²) in [4.78, 5) is 15.5. The minimum absolute atomic E-state index is 0.0541. The molecule has 1 atom stereocenters. The highest BCUT2D eigenvalue weighted by molar-refractivity contribution is 5.74. The Kier molecular flexibility index (Phi) is 4.84. The van der Waals surface area contributed by atoms with Gasteiger partial charge in [-0.1, -0.05) is 0 Å².